The van der Waals surface area contributed by atoms with Gasteiger partial charge in [0.1, 0.15) is 0 Å². The molecule has 0 aliphatic carbocycles. The highest BCUT2D eigenvalue weighted by molar-refractivity contribution is 7.99. The number of fused-ring (bicyclic) bond motifs is 1. The molecule has 0 amide bonds. The predicted molar refractivity (Wildman–Crippen MR) is 99.0 cm³/mol. The summed E-state index contributed by atoms with van der Waals surface area (Å²) < 4.78 is 0. The lowest BCUT2D eigenvalue weighted by Gasteiger charge is -2.09. The molecule has 6 heteroatoms. The highest BCUT2D eigenvalue weighted by Gasteiger charge is 2.08. The standard InChI is InChI=1S/C17H20N4S2/c1-12-15(19-9-7-16(12)22-10-4-8-18)11-23-17-20-13-5-2-3-6-14(13)21-17/h2-3,5-7,9H,4,8,10-11,18H2,1H3,(H,20,21). The Bertz CT molecular complexity index is 752. The van der Waals surface area contributed by atoms with Crippen LogP contribution >= 0.6 is 23.5 Å². The molecule has 0 bridgehead atoms. The molecule has 0 saturated heterocycles. The van der Waals surface area contributed by atoms with Gasteiger partial charge in [-0.15, -0.1) is 11.8 Å². The number of pyridine rings is 1. The number of aromatic amines is 1. The van der Waals surface area contributed by atoms with Gasteiger partial charge in [0, 0.05) is 16.8 Å². The average Bonchev–Trinajstić information content (AvgIpc) is 2.98. The van der Waals surface area contributed by atoms with E-state index in [1.165, 1.54) is 10.5 Å². The van der Waals surface area contributed by atoms with Gasteiger partial charge in [0.15, 0.2) is 5.16 Å². The molecule has 3 rings (SSSR count). The number of hydrogen-bond donors (Lipinski definition) is 2. The van der Waals surface area contributed by atoms with Crippen molar-refractivity contribution in [2.45, 2.75) is 29.1 Å². The normalized spacial score (nSPS) is 11.2. The third kappa shape index (κ3) is 4.07. The largest absolute Gasteiger partial charge is 0.333 e. The summed E-state index contributed by atoms with van der Waals surface area (Å²) in [6.07, 6.45) is 2.93. The highest BCUT2D eigenvalue weighted by atomic mass is 32.2. The van der Waals surface area contributed by atoms with E-state index in [-0.39, 0.29) is 0 Å². The molecular weight excluding hydrogens is 324 g/mol. The number of rotatable bonds is 7. The summed E-state index contributed by atoms with van der Waals surface area (Å²) in [7, 11) is 0. The van der Waals surface area contributed by atoms with Gasteiger partial charge in [0.05, 0.1) is 16.7 Å². The second-order valence-electron chi connectivity index (χ2n) is 5.22. The predicted octanol–water partition coefficient (Wildman–Crippen LogP) is 4.00. The maximum atomic E-state index is 5.57. The van der Waals surface area contributed by atoms with E-state index in [9.17, 15) is 0 Å². The van der Waals surface area contributed by atoms with Gasteiger partial charge in [-0.1, -0.05) is 23.9 Å². The second-order valence-corrected chi connectivity index (χ2v) is 7.32. The van der Waals surface area contributed by atoms with Gasteiger partial charge >= 0.3 is 0 Å². The lowest BCUT2D eigenvalue weighted by Crippen LogP contribution is -2.00. The summed E-state index contributed by atoms with van der Waals surface area (Å²) in [5.74, 6) is 1.87. The van der Waals surface area contributed by atoms with Crippen molar-refractivity contribution in [2.24, 2.45) is 5.73 Å². The van der Waals surface area contributed by atoms with Crippen LogP contribution in [0.4, 0.5) is 0 Å². The summed E-state index contributed by atoms with van der Waals surface area (Å²) in [5.41, 5.74) is 10.0. The van der Waals surface area contributed by atoms with Crippen molar-refractivity contribution in [3.05, 3.63) is 47.8 Å². The van der Waals surface area contributed by atoms with Crippen LogP contribution in [0.15, 0.2) is 46.6 Å². The quantitative estimate of drug-likeness (QED) is 0.501. The van der Waals surface area contributed by atoms with E-state index in [0.29, 0.717) is 0 Å². The summed E-state index contributed by atoms with van der Waals surface area (Å²) in [4.78, 5) is 13.8. The number of nitrogens with one attached hydrogen (secondary N) is 1. The third-order valence-electron chi connectivity index (χ3n) is 3.58. The number of imidazole rings is 1. The van der Waals surface area contributed by atoms with Gasteiger partial charge in [-0.25, -0.2) is 4.98 Å². The topological polar surface area (TPSA) is 67.6 Å². The van der Waals surface area contributed by atoms with E-state index in [1.54, 1.807) is 11.8 Å². The molecule has 2 aromatic heterocycles. The first-order valence-electron chi connectivity index (χ1n) is 7.63. The molecule has 0 aliphatic rings. The number of benzene rings is 1. The zero-order chi connectivity index (χ0) is 16.1. The first kappa shape index (κ1) is 16.4. The Kier molecular flexibility index (Phi) is 5.59. The zero-order valence-electron chi connectivity index (χ0n) is 13.1. The third-order valence-corrected chi connectivity index (χ3v) is 5.71. The minimum absolute atomic E-state index is 0.742. The Hall–Kier alpha value is -1.50. The van der Waals surface area contributed by atoms with Gasteiger partial charge in [0.25, 0.3) is 0 Å². The maximum Gasteiger partial charge on any atom is 0.166 e. The summed E-state index contributed by atoms with van der Waals surface area (Å²) in [6.45, 7) is 2.89. The minimum atomic E-state index is 0.742. The van der Waals surface area contributed by atoms with Crippen molar-refractivity contribution < 1.29 is 0 Å². The molecule has 3 aromatic rings. The van der Waals surface area contributed by atoms with Crippen LogP contribution in [-0.2, 0) is 5.75 Å². The van der Waals surface area contributed by atoms with Crippen LogP contribution in [0, 0.1) is 6.92 Å². The van der Waals surface area contributed by atoms with Crippen LogP contribution < -0.4 is 5.73 Å². The van der Waals surface area contributed by atoms with Crippen molar-refractivity contribution >= 4 is 34.6 Å². The number of nitrogens with two attached hydrogens (primary N) is 1. The molecule has 23 heavy (non-hydrogen) atoms. The summed E-state index contributed by atoms with van der Waals surface area (Å²) in [6, 6.07) is 10.2. The molecule has 0 saturated carbocycles. The van der Waals surface area contributed by atoms with Crippen LogP contribution in [-0.4, -0.2) is 27.2 Å². The van der Waals surface area contributed by atoms with E-state index in [0.717, 1.165) is 46.4 Å². The van der Waals surface area contributed by atoms with E-state index in [4.69, 9.17) is 5.73 Å². The van der Waals surface area contributed by atoms with E-state index >= 15 is 0 Å². The fraction of sp³-hybridized carbons (Fsp3) is 0.294. The SMILES string of the molecule is Cc1c(SCCCN)ccnc1CSc1nc2ccccc2[nH]1. The molecular formula is C17H20N4S2. The molecule has 2 heterocycles. The van der Waals surface area contributed by atoms with E-state index in [2.05, 4.69) is 27.9 Å². The molecule has 0 atom stereocenters. The van der Waals surface area contributed by atoms with Gasteiger partial charge in [0.2, 0.25) is 0 Å². The molecule has 0 unspecified atom stereocenters. The van der Waals surface area contributed by atoms with Gasteiger partial charge in [-0.3, -0.25) is 4.98 Å². The van der Waals surface area contributed by atoms with Crippen molar-refractivity contribution in [1.29, 1.82) is 0 Å². The molecule has 3 N–H and O–H groups in total. The first-order valence-corrected chi connectivity index (χ1v) is 9.60. The van der Waals surface area contributed by atoms with Crippen LogP contribution in [0.1, 0.15) is 17.7 Å². The van der Waals surface area contributed by atoms with Crippen molar-refractivity contribution in [3.8, 4) is 0 Å². The van der Waals surface area contributed by atoms with Gasteiger partial charge in [-0.2, -0.15) is 0 Å². The Morgan fingerprint density at radius 3 is 2.87 bits per heavy atom. The smallest absolute Gasteiger partial charge is 0.166 e. The average molecular weight is 345 g/mol. The second kappa shape index (κ2) is 7.86. The number of nitrogens with zero attached hydrogens (tertiary/aromatic N) is 2. The lowest BCUT2D eigenvalue weighted by molar-refractivity contribution is 0.942. The first-order chi connectivity index (χ1) is 11.3. The molecule has 4 nitrogen and oxygen atoms in total. The maximum absolute atomic E-state index is 5.57. The van der Waals surface area contributed by atoms with Crippen molar-refractivity contribution in [3.63, 3.8) is 0 Å². The van der Waals surface area contributed by atoms with Crippen LogP contribution in [0.25, 0.3) is 11.0 Å². The Morgan fingerprint density at radius 1 is 1.17 bits per heavy atom. The van der Waals surface area contributed by atoms with E-state index < -0.39 is 0 Å². The molecule has 120 valence electrons. The summed E-state index contributed by atoms with van der Waals surface area (Å²) >= 11 is 3.55. The molecule has 0 spiro atoms. The zero-order valence-corrected chi connectivity index (χ0v) is 14.7. The van der Waals surface area contributed by atoms with Crippen LogP contribution in [0.5, 0.6) is 0 Å². The van der Waals surface area contributed by atoms with Gasteiger partial charge in [-0.05, 0) is 49.4 Å². The fourth-order valence-corrected chi connectivity index (χ4v) is 4.19. The number of H-pyrrole nitrogens is 1. The van der Waals surface area contributed by atoms with Crippen molar-refractivity contribution in [2.75, 3.05) is 12.3 Å². The summed E-state index contributed by atoms with van der Waals surface area (Å²) in [5, 5.41) is 0.939. The molecule has 1 aromatic carbocycles. The number of hydrogen-bond acceptors (Lipinski definition) is 5. The number of thioether (sulfide) groups is 2. The fourth-order valence-electron chi connectivity index (χ4n) is 2.26. The number of para-hydroxylation sites is 2. The monoisotopic (exact) mass is 344 g/mol. The molecule has 0 aliphatic heterocycles. The minimum Gasteiger partial charge on any atom is -0.333 e. The Balaban J connectivity index is 1.68. The van der Waals surface area contributed by atoms with Crippen LogP contribution in [0.2, 0.25) is 0 Å². The van der Waals surface area contributed by atoms with Crippen molar-refractivity contribution in [1.82, 2.24) is 15.0 Å². The Labute approximate surface area is 144 Å². The lowest BCUT2D eigenvalue weighted by atomic mass is 10.2. The molecule has 0 radical (unpaired) electrons. The highest BCUT2D eigenvalue weighted by Crippen LogP contribution is 2.28. The Morgan fingerprint density at radius 2 is 2.04 bits per heavy atom. The van der Waals surface area contributed by atoms with Crippen LogP contribution in [0.3, 0.4) is 0 Å². The van der Waals surface area contributed by atoms with Gasteiger partial charge < -0.3 is 10.7 Å². The molecule has 0 fully saturated rings. The number of aromatic nitrogens is 3. The van der Waals surface area contributed by atoms with E-state index in [1.807, 2.05) is 42.2 Å².